The maximum Gasteiger partial charge on any atom is 0.325 e. The molecule has 0 saturated carbocycles. The quantitative estimate of drug-likeness (QED) is 0.331. The summed E-state index contributed by atoms with van der Waals surface area (Å²) in [5, 5.41) is 5.15. The van der Waals surface area contributed by atoms with Gasteiger partial charge in [-0.2, -0.15) is 0 Å². The molecule has 0 aliphatic carbocycles. The molecule has 0 unspecified atom stereocenters. The lowest BCUT2D eigenvalue weighted by Crippen LogP contribution is -2.53. The van der Waals surface area contributed by atoms with E-state index >= 15 is 0 Å². The van der Waals surface area contributed by atoms with Gasteiger partial charge in [0.2, 0.25) is 11.8 Å². The highest BCUT2D eigenvalue weighted by Gasteiger charge is 2.25. The number of rotatable bonds is 12. The average Bonchev–Trinajstić information content (AvgIpc) is 2.81. The lowest BCUT2D eigenvalue weighted by molar-refractivity contribution is -0.143. The van der Waals surface area contributed by atoms with Crippen LogP contribution >= 0.6 is 0 Å². The third kappa shape index (κ3) is 9.24. The first-order chi connectivity index (χ1) is 15.8. The molecule has 176 valence electrons. The van der Waals surface area contributed by atoms with E-state index in [2.05, 4.69) is 10.6 Å². The molecule has 8 heteroatoms. The van der Waals surface area contributed by atoms with Crippen LogP contribution in [0.5, 0.6) is 0 Å². The number of Topliss-reactive ketones (excluding diaryl/α,β-unsaturated/α-hetero) is 1. The summed E-state index contributed by atoms with van der Waals surface area (Å²) in [5.41, 5.74) is 7.36. The fraction of sp³-hybridized carbons (Fsp3) is 0.360. The second-order valence-corrected chi connectivity index (χ2v) is 8.15. The summed E-state index contributed by atoms with van der Waals surface area (Å²) in [6.07, 6.45) is 0.710. The van der Waals surface area contributed by atoms with Crippen LogP contribution in [-0.2, 0) is 25.5 Å². The minimum atomic E-state index is -0.849. The molecule has 8 nitrogen and oxygen atoms in total. The van der Waals surface area contributed by atoms with Gasteiger partial charge in [0.15, 0.2) is 12.4 Å². The third-order valence-corrected chi connectivity index (χ3v) is 4.84. The van der Waals surface area contributed by atoms with Gasteiger partial charge in [-0.3, -0.25) is 19.2 Å². The van der Waals surface area contributed by atoms with Crippen LogP contribution in [0.2, 0.25) is 0 Å². The molecule has 33 heavy (non-hydrogen) atoms. The van der Waals surface area contributed by atoms with Gasteiger partial charge in [-0.25, -0.2) is 0 Å². The summed E-state index contributed by atoms with van der Waals surface area (Å²) < 4.78 is 4.94. The van der Waals surface area contributed by atoms with Gasteiger partial charge < -0.3 is 21.1 Å². The van der Waals surface area contributed by atoms with Crippen molar-refractivity contribution in [2.45, 2.75) is 38.8 Å². The molecule has 2 rings (SSSR count). The van der Waals surface area contributed by atoms with E-state index in [1.165, 1.54) is 0 Å². The van der Waals surface area contributed by atoms with Crippen molar-refractivity contribution in [1.29, 1.82) is 0 Å². The molecule has 0 aliphatic rings. The number of nitrogens with two attached hydrogens (primary N) is 1. The van der Waals surface area contributed by atoms with Crippen LogP contribution in [0.4, 0.5) is 0 Å². The van der Waals surface area contributed by atoms with E-state index in [1.54, 1.807) is 30.3 Å². The Kier molecular flexibility index (Phi) is 10.2. The Balaban J connectivity index is 1.84. The van der Waals surface area contributed by atoms with Gasteiger partial charge in [0.25, 0.3) is 0 Å². The van der Waals surface area contributed by atoms with Gasteiger partial charge in [0.05, 0.1) is 6.04 Å². The van der Waals surface area contributed by atoms with E-state index in [0.717, 1.165) is 5.56 Å². The summed E-state index contributed by atoms with van der Waals surface area (Å²) in [4.78, 5) is 49.1. The molecule has 2 amide bonds. The Bertz CT molecular complexity index is 932. The predicted molar refractivity (Wildman–Crippen MR) is 124 cm³/mol. The fourth-order valence-corrected chi connectivity index (χ4v) is 3.13. The van der Waals surface area contributed by atoms with E-state index in [-0.39, 0.29) is 11.7 Å². The normalized spacial score (nSPS) is 12.5. The average molecular weight is 454 g/mol. The summed E-state index contributed by atoms with van der Waals surface area (Å²) in [7, 11) is 0. The molecule has 0 aliphatic heterocycles. The molecule has 0 aromatic heterocycles. The van der Waals surface area contributed by atoms with Crippen molar-refractivity contribution in [3.05, 3.63) is 71.8 Å². The molecule has 0 bridgehead atoms. The van der Waals surface area contributed by atoms with Crippen LogP contribution in [0.1, 0.15) is 36.2 Å². The number of carbonyl (C=O) groups is 4. The first-order valence-corrected chi connectivity index (χ1v) is 10.9. The highest BCUT2D eigenvalue weighted by atomic mass is 16.5. The Labute approximate surface area is 193 Å². The summed E-state index contributed by atoms with van der Waals surface area (Å²) in [5.74, 6) is -1.94. The van der Waals surface area contributed by atoms with E-state index in [9.17, 15) is 19.2 Å². The third-order valence-electron chi connectivity index (χ3n) is 4.84. The van der Waals surface area contributed by atoms with Crippen molar-refractivity contribution in [3.8, 4) is 0 Å². The molecule has 0 radical (unpaired) electrons. The molecule has 4 N–H and O–H groups in total. The number of amides is 2. The Morgan fingerprint density at radius 2 is 1.52 bits per heavy atom. The number of esters is 1. The van der Waals surface area contributed by atoms with Crippen molar-refractivity contribution < 1.29 is 23.9 Å². The molecule has 0 fully saturated rings. The van der Waals surface area contributed by atoms with E-state index < -0.39 is 43.0 Å². The number of ether oxygens (including phenoxy) is 1. The van der Waals surface area contributed by atoms with Gasteiger partial charge in [0, 0.05) is 5.56 Å². The van der Waals surface area contributed by atoms with Gasteiger partial charge >= 0.3 is 5.97 Å². The molecule has 2 aromatic carbocycles. The monoisotopic (exact) mass is 453 g/mol. The van der Waals surface area contributed by atoms with Crippen molar-refractivity contribution in [3.63, 3.8) is 0 Å². The largest absolute Gasteiger partial charge is 0.456 e. The summed E-state index contributed by atoms with van der Waals surface area (Å²) in [6.45, 7) is 3.00. The second kappa shape index (κ2) is 13.1. The van der Waals surface area contributed by atoms with Crippen LogP contribution in [0.3, 0.4) is 0 Å². The van der Waals surface area contributed by atoms with E-state index in [0.29, 0.717) is 18.4 Å². The minimum absolute atomic E-state index is 0.113. The molecular formula is C25H31N3O5. The fourth-order valence-electron chi connectivity index (χ4n) is 3.13. The predicted octanol–water partition coefficient (Wildman–Crippen LogP) is 1.63. The molecular weight excluding hydrogens is 422 g/mol. The zero-order valence-electron chi connectivity index (χ0n) is 19.0. The zero-order valence-corrected chi connectivity index (χ0v) is 19.0. The van der Waals surface area contributed by atoms with Crippen molar-refractivity contribution in [2.75, 3.05) is 13.2 Å². The Morgan fingerprint density at radius 3 is 2.12 bits per heavy atom. The van der Waals surface area contributed by atoms with Crippen molar-refractivity contribution >= 4 is 23.6 Å². The zero-order chi connectivity index (χ0) is 24.2. The van der Waals surface area contributed by atoms with Crippen LogP contribution in [0, 0.1) is 5.92 Å². The first-order valence-electron chi connectivity index (χ1n) is 10.9. The van der Waals surface area contributed by atoms with Crippen LogP contribution in [0.15, 0.2) is 60.7 Å². The highest BCUT2D eigenvalue weighted by Crippen LogP contribution is 2.07. The lowest BCUT2D eigenvalue weighted by atomic mass is 10.0. The van der Waals surface area contributed by atoms with E-state index in [1.807, 2.05) is 44.2 Å². The number of ketones is 1. The maximum atomic E-state index is 12.6. The topological polar surface area (TPSA) is 128 Å². The lowest BCUT2D eigenvalue weighted by Gasteiger charge is -2.22. The number of carbonyl (C=O) groups excluding carboxylic acids is 4. The van der Waals surface area contributed by atoms with Gasteiger partial charge in [-0.1, -0.05) is 74.5 Å². The van der Waals surface area contributed by atoms with Crippen LogP contribution in [0.25, 0.3) is 0 Å². The molecule has 0 spiro atoms. The van der Waals surface area contributed by atoms with Gasteiger partial charge in [-0.05, 0) is 24.3 Å². The minimum Gasteiger partial charge on any atom is -0.456 e. The highest BCUT2D eigenvalue weighted by molar-refractivity contribution is 5.98. The molecule has 2 atom stereocenters. The Hall–Kier alpha value is -3.52. The first kappa shape index (κ1) is 25.7. The van der Waals surface area contributed by atoms with Gasteiger partial charge in [-0.15, -0.1) is 0 Å². The number of hydrogen-bond donors (Lipinski definition) is 3. The maximum absolute atomic E-state index is 12.6. The molecule has 2 aromatic rings. The smallest absolute Gasteiger partial charge is 0.325 e. The van der Waals surface area contributed by atoms with Crippen molar-refractivity contribution in [2.24, 2.45) is 11.7 Å². The SMILES string of the molecule is CC(C)C[C@H](NC(=O)[C@@H](N)Cc1ccccc1)C(=O)NCC(=O)OCC(=O)c1ccccc1. The standard InChI is InChI=1S/C25H31N3O5/c1-17(2)13-21(28-24(31)20(26)14-18-9-5-3-6-10-18)25(32)27-15-23(30)33-16-22(29)19-11-7-4-8-12-19/h3-12,17,20-21H,13-16,26H2,1-2H3,(H,27,32)(H,28,31)/t20-,21-/m0/s1. The van der Waals surface area contributed by atoms with Crippen LogP contribution in [-0.4, -0.2) is 48.8 Å². The number of hydrogen-bond acceptors (Lipinski definition) is 6. The van der Waals surface area contributed by atoms with Crippen molar-refractivity contribution in [1.82, 2.24) is 10.6 Å². The number of benzene rings is 2. The number of nitrogens with one attached hydrogen (secondary N) is 2. The van der Waals surface area contributed by atoms with Crippen LogP contribution < -0.4 is 16.4 Å². The van der Waals surface area contributed by atoms with Gasteiger partial charge in [0.1, 0.15) is 12.6 Å². The summed E-state index contributed by atoms with van der Waals surface area (Å²) >= 11 is 0. The summed E-state index contributed by atoms with van der Waals surface area (Å²) in [6, 6.07) is 16.1. The molecule has 0 heterocycles. The Morgan fingerprint density at radius 1 is 0.909 bits per heavy atom. The molecule has 0 saturated heterocycles. The van der Waals surface area contributed by atoms with E-state index in [4.69, 9.17) is 10.5 Å². The second-order valence-electron chi connectivity index (χ2n) is 8.15.